The summed E-state index contributed by atoms with van der Waals surface area (Å²) < 4.78 is 1.65. The van der Waals surface area contributed by atoms with Gasteiger partial charge in [0, 0.05) is 17.9 Å². The molecule has 0 aliphatic heterocycles. The standard InChI is InChI=1S/C18H18ClN5O/c1-18(2,3)22-17(25)15-9-16(14-7-6-12(19)10-21-14)24(23-15)13-5-4-8-20-11-13/h4-11H,1-3H3,(H,22,25). The number of nitrogens with one attached hydrogen (secondary N) is 1. The van der Waals surface area contributed by atoms with Gasteiger partial charge in [-0.2, -0.15) is 5.10 Å². The van der Waals surface area contributed by atoms with Crippen molar-refractivity contribution in [2.24, 2.45) is 0 Å². The van der Waals surface area contributed by atoms with E-state index in [1.165, 1.54) is 0 Å². The molecule has 1 N–H and O–H groups in total. The Morgan fingerprint density at radius 1 is 1.20 bits per heavy atom. The van der Waals surface area contributed by atoms with Crippen molar-refractivity contribution in [1.29, 1.82) is 0 Å². The predicted octanol–water partition coefficient (Wildman–Crippen LogP) is 3.51. The summed E-state index contributed by atoms with van der Waals surface area (Å²) in [5, 5.41) is 7.91. The zero-order valence-corrected chi connectivity index (χ0v) is 14.9. The van der Waals surface area contributed by atoms with E-state index in [4.69, 9.17) is 11.6 Å². The maximum atomic E-state index is 12.5. The van der Waals surface area contributed by atoms with E-state index in [0.717, 1.165) is 5.69 Å². The highest BCUT2D eigenvalue weighted by atomic mass is 35.5. The number of hydrogen-bond acceptors (Lipinski definition) is 4. The Kier molecular flexibility index (Phi) is 4.55. The van der Waals surface area contributed by atoms with Gasteiger partial charge in [0.05, 0.1) is 28.3 Å². The summed E-state index contributed by atoms with van der Waals surface area (Å²) >= 11 is 5.93. The van der Waals surface area contributed by atoms with Crippen molar-refractivity contribution in [2.45, 2.75) is 26.3 Å². The van der Waals surface area contributed by atoms with E-state index in [0.29, 0.717) is 22.1 Å². The fourth-order valence-electron chi connectivity index (χ4n) is 2.28. The molecule has 3 aromatic rings. The van der Waals surface area contributed by atoms with Crippen molar-refractivity contribution in [3.8, 4) is 17.1 Å². The summed E-state index contributed by atoms with van der Waals surface area (Å²) in [5.41, 5.74) is 2.04. The molecule has 3 rings (SSSR count). The Morgan fingerprint density at radius 3 is 2.60 bits per heavy atom. The van der Waals surface area contributed by atoms with Gasteiger partial charge in [-0.25, -0.2) is 4.68 Å². The molecule has 0 spiro atoms. The fourth-order valence-corrected chi connectivity index (χ4v) is 2.39. The number of hydrogen-bond donors (Lipinski definition) is 1. The van der Waals surface area contributed by atoms with Gasteiger partial charge >= 0.3 is 0 Å². The zero-order valence-electron chi connectivity index (χ0n) is 14.2. The second-order valence-corrected chi connectivity index (χ2v) is 7.04. The van der Waals surface area contributed by atoms with Crippen LogP contribution in [0.3, 0.4) is 0 Å². The average molecular weight is 356 g/mol. The lowest BCUT2D eigenvalue weighted by Crippen LogP contribution is -2.40. The van der Waals surface area contributed by atoms with Crippen LogP contribution in [0, 0.1) is 0 Å². The summed E-state index contributed by atoms with van der Waals surface area (Å²) in [6.07, 6.45) is 4.92. The van der Waals surface area contributed by atoms with Crippen LogP contribution in [0.4, 0.5) is 0 Å². The van der Waals surface area contributed by atoms with Gasteiger partial charge in [0.15, 0.2) is 5.69 Å². The van der Waals surface area contributed by atoms with Crippen molar-refractivity contribution >= 4 is 17.5 Å². The van der Waals surface area contributed by atoms with Gasteiger partial charge in [-0.05, 0) is 51.1 Å². The highest BCUT2D eigenvalue weighted by Gasteiger charge is 2.21. The van der Waals surface area contributed by atoms with Crippen LogP contribution in [0.2, 0.25) is 5.02 Å². The number of halogens is 1. The van der Waals surface area contributed by atoms with Gasteiger partial charge in [-0.15, -0.1) is 0 Å². The van der Waals surface area contributed by atoms with E-state index >= 15 is 0 Å². The molecule has 1 amide bonds. The molecule has 7 heteroatoms. The Bertz CT molecular complexity index is 882. The number of rotatable bonds is 3. The zero-order chi connectivity index (χ0) is 18.0. The minimum absolute atomic E-state index is 0.245. The second-order valence-electron chi connectivity index (χ2n) is 6.60. The molecule has 0 aliphatic carbocycles. The molecule has 25 heavy (non-hydrogen) atoms. The van der Waals surface area contributed by atoms with Crippen LogP contribution < -0.4 is 5.32 Å². The molecule has 0 saturated heterocycles. The summed E-state index contributed by atoms with van der Waals surface area (Å²) in [6, 6.07) is 8.93. The van der Waals surface area contributed by atoms with Crippen molar-refractivity contribution in [2.75, 3.05) is 0 Å². The third kappa shape index (κ3) is 4.03. The number of nitrogens with zero attached hydrogens (tertiary/aromatic N) is 4. The molecule has 3 aromatic heterocycles. The molecule has 0 radical (unpaired) electrons. The van der Waals surface area contributed by atoms with Gasteiger partial charge < -0.3 is 5.32 Å². The molecule has 0 aliphatic rings. The molecule has 0 atom stereocenters. The minimum Gasteiger partial charge on any atom is -0.346 e. The van der Waals surface area contributed by atoms with E-state index in [1.54, 1.807) is 41.5 Å². The highest BCUT2D eigenvalue weighted by molar-refractivity contribution is 6.30. The molecular weight excluding hydrogens is 338 g/mol. The summed E-state index contributed by atoms with van der Waals surface area (Å²) in [4.78, 5) is 21.0. The first-order chi connectivity index (χ1) is 11.8. The molecule has 0 bridgehead atoms. The van der Waals surface area contributed by atoms with Crippen LogP contribution in [0.1, 0.15) is 31.3 Å². The van der Waals surface area contributed by atoms with Crippen LogP contribution in [-0.4, -0.2) is 31.2 Å². The number of carbonyl (C=O) groups is 1. The van der Waals surface area contributed by atoms with Crippen molar-refractivity contribution in [3.05, 3.63) is 59.6 Å². The Morgan fingerprint density at radius 2 is 2.00 bits per heavy atom. The molecular formula is C18H18ClN5O. The van der Waals surface area contributed by atoms with Gasteiger partial charge in [0.2, 0.25) is 0 Å². The van der Waals surface area contributed by atoms with Gasteiger partial charge in [-0.3, -0.25) is 14.8 Å². The van der Waals surface area contributed by atoms with Crippen LogP contribution in [0.25, 0.3) is 17.1 Å². The summed E-state index contributed by atoms with van der Waals surface area (Å²) in [6.45, 7) is 5.76. The van der Waals surface area contributed by atoms with Crippen LogP contribution >= 0.6 is 11.6 Å². The molecule has 6 nitrogen and oxygen atoms in total. The van der Waals surface area contributed by atoms with Gasteiger partial charge in [0.1, 0.15) is 0 Å². The van der Waals surface area contributed by atoms with Crippen LogP contribution in [0.5, 0.6) is 0 Å². The summed E-state index contributed by atoms with van der Waals surface area (Å²) in [5.74, 6) is -0.245. The Balaban J connectivity index is 2.09. The van der Waals surface area contributed by atoms with Crippen LogP contribution in [0.15, 0.2) is 48.9 Å². The van der Waals surface area contributed by atoms with E-state index in [1.807, 2.05) is 32.9 Å². The molecule has 0 fully saturated rings. The summed E-state index contributed by atoms with van der Waals surface area (Å²) in [7, 11) is 0. The van der Waals surface area contributed by atoms with Crippen molar-refractivity contribution in [3.63, 3.8) is 0 Å². The topological polar surface area (TPSA) is 72.7 Å². The SMILES string of the molecule is CC(C)(C)NC(=O)c1cc(-c2ccc(Cl)cn2)n(-c2cccnc2)n1. The maximum Gasteiger partial charge on any atom is 0.272 e. The minimum atomic E-state index is -0.353. The number of carbonyl (C=O) groups excluding carboxylic acids is 1. The quantitative estimate of drug-likeness (QED) is 0.780. The van der Waals surface area contributed by atoms with E-state index in [-0.39, 0.29) is 11.4 Å². The lowest BCUT2D eigenvalue weighted by atomic mass is 10.1. The lowest BCUT2D eigenvalue weighted by Gasteiger charge is -2.19. The van der Waals surface area contributed by atoms with Crippen molar-refractivity contribution < 1.29 is 4.79 Å². The normalized spacial score (nSPS) is 11.4. The molecule has 0 unspecified atom stereocenters. The van der Waals surface area contributed by atoms with Gasteiger partial charge in [0.25, 0.3) is 5.91 Å². The lowest BCUT2D eigenvalue weighted by molar-refractivity contribution is 0.0914. The Labute approximate surface area is 150 Å². The largest absolute Gasteiger partial charge is 0.346 e. The first kappa shape index (κ1) is 17.1. The van der Waals surface area contributed by atoms with Crippen LogP contribution in [-0.2, 0) is 0 Å². The first-order valence-corrected chi connectivity index (χ1v) is 8.16. The smallest absolute Gasteiger partial charge is 0.272 e. The maximum absolute atomic E-state index is 12.5. The Hall–Kier alpha value is -2.73. The molecule has 128 valence electrons. The van der Waals surface area contributed by atoms with E-state index in [2.05, 4.69) is 20.4 Å². The highest BCUT2D eigenvalue weighted by Crippen LogP contribution is 2.23. The number of amides is 1. The molecule has 3 heterocycles. The third-order valence-electron chi connectivity index (χ3n) is 3.31. The molecule has 0 saturated carbocycles. The third-order valence-corrected chi connectivity index (χ3v) is 3.53. The first-order valence-electron chi connectivity index (χ1n) is 7.78. The monoisotopic (exact) mass is 355 g/mol. The van der Waals surface area contributed by atoms with Gasteiger partial charge in [-0.1, -0.05) is 11.6 Å². The predicted molar refractivity (Wildman–Crippen MR) is 96.8 cm³/mol. The van der Waals surface area contributed by atoms with Crippen molar-refractivity contribution in [1.82, 2.24) is 25.1 Å². The van der Waals surface area contributed by atoms with E-state index < -0.39 is 0 Å². The average Bonchev–Trinajstić information content (AvgIpc) is 3.00. The fraction of sp³-hybridized carbons (Fsp3) is 0.222. The molecule has 0 aromatic carbocycles. The number of aromatic nitrogens is 4. The second kappa shape index (κ2) is 6.64. The van der Waals surface area contributed by atoms with E-state index in [9.17, 15) is 4.79 Å². The number of pyridine rings is 2.